The number of aliphatic carboxylic acids is 3. The molecule has 0 radical (unpaired) electrons. The number of carboxylic acids is 3. The third kappa shape index (κ3) is 13.8. The second kappa shape index (κ2) is 21.5. The van der Waals surface area contributed by atoms with E-state index in [0.29, 0.717) is 108 Å². The summed E-state index contributed by atoms with van der Waals surface area (Å²) in [7, 11) is 0. The first-order valence-electron chi connectivity index (χ1n) is 20.9. The maximum atomic E-state index is 14.2. The zero-order valence-electron chi connectivity index (χ0n) is 35.4. The monoisotopic (exact) mass is 843 g/mol. The van der Waals surface area contributed by atoms with Crippen molar-refractivity contribution in [2.45, 2.75) is 78.1 Å². The molecule has 2 aliphatic heterocycles. The first-order valence-corrected chi connectivity index (χ1v) is 20.9. The smallest absolute Gasteiger partial charge is 0.317 e. The number of alkyl halides is 1. The van der Waals surface area contributed by atoms with Crippen molar-refractivity contribution < 1.29 is 38.9 Å². The highest BCUT2D eigenvalue weighted by atomic mass is 19.1. The quantitative estimate of drug-likeness (QED) is 0.114. The second-order valence-electron chi connectivity index (χ2n) is 16.6. The van der Waals surface area contributed by atoms with Crippen LogP contribution in [0.4, 0.5) is 21.8 Å². The zero-order chi connectivity index (χ0) is 43.4. The van der Waals surface area contributed by atoms with Crippen molar-refractivity contribution in [3.8, 4) is 0 Å². The van der Waals surface area contributed by atoms with Gasteiger partial charge in [0.25, 0.3) is 0 Å². The van der Waals surface area contributed by atoms with Crippen LogP contribution < -0.4 is 15.5 Å². The van der Waals surface area contributed by atoms with Gasteiger partial charge in [-0.3, -0.25) is 43.5 Å². The molecule has 2 fully saturated rings. The Balaban J connectivity index is 1.13. The summed E-state index contributed by atoms with van der Waals surface area (Å²) in [5.74, 6) is -2.19. The van der Waals surface area contributed by atoms with Crippen LogP contribution in [-0.2, 0) is 37.7 Å². The molecular formula is C39H62FN13O7. The van der Waals surface area contributed by atoms with Gasteiger partial charge in [0.05, 0.1) is 50.4 Å². The number of rotatable bonds is 18. The highest BCUT2D eigenvalue weighted by Crippen LogP contribution is 2.31. The maximum Gasteiger partial charge on any atom is 0.317 e. The summed E-state index contributed by atoms with van der Waals surface area (Å²) < 4.78 is 18.1. The van der Waals surface area contributed by atoms with Crippen molar-refractivity contribution in [3.63, 3.8) is 0 Å². The highest BCUT2D eigenvalue weighted by Gasteiger charge is 2.28. The number of aryl methyl sites for hydroxylation is 2. The van der Waals surface area contributed by atoms with Crippen LogP contribution >= 0.6 is 0 Å². The van der Waals surface area contributed by atoms with E-state index in [1.54, 1.807) is 21.0 Å². The average Bonchev–Trinajstić information content (AvgIpc) is 3.91. The largest absolute Gasteiger partial charge is 0.480 e. The summed E-state index contributed by atoms with van der Waals surface area (Å²) in [6, 6.07) is 0. The van der Waals surface area contributed by atoms with Crippen LogP contribution in [0.3, 0.4) is 0 Å². The van der Waals surface area contributed by atoms with E-state index >= 15 is 0 Å². The molecule has 332 valence electrons. The number of aromatic nitrogens is 6. The van der Waals surface area contributed by atoms with Gasteiger partial charge < -0.3 is 35.4 Å². The van der Waals surface area contributed by atoms with E-state index in [9.17, 15) is 38.9 Å². The van der Waals surface area contributed by atoms with E-state index in [2.05, 4.69) is 36.4 Å². The van der Waals surface area contributed by atoms with Gasteiger partial charge in [0.1, 0.15) is 6.17 Å². The Labute approximate surface area is 349 Å². The molecule has 21 heteroatoms. The first kappa shape index (κ1) is 46.1. The molecule has 5 N–H and O–H groups in total. The molecule has 2 aliphatic rings. The van der Waals surface area contributed by atoms with Crippen LogP contribution in [0.25, 0.3) is 11.2 Å². The maximum absolute atomic E-state index is 14.2. The second-order valence-corrected chi connectivity index (χ2v) is 16.6. The van der Waals surface area contributed by atoms with Crippen molar-refractivity contribution in [3.05, 3.63) is 18.2 Å². The number of imidazole rings is 1. The van der Waals surface area contributed by atoms with E-state index in [4.69, 9.17) is 15.1 Å². The molecule has 5 rings (SSSR count). The number of carboxylic acid groups (broad SMARTS) is 3. The lowest BCUT2D eigenvalue weighted by atomic mass is 10.1. The lowest BCUT2D eigenvalue weighted by molar-refractivity contribution is -0.140. The Hall–Kier alpha value is -4.99. The molecule has 60 heavy (non-hydrogen) atoms. The van der Waals surface area contributed by atoms with Gasteiger partial charge in [0.15, 0.2) is 17.0 Å². The summed E-state index contributed by atoms with van der Waals surface area (Å²) >= 11 is 0. The molecule has 2 saturated heterocycles. The van der Waals surface area contributed by atoms with Crippen LogP contribution in [0.15, 0.2) is 12.5 Å². The summed E-state index contributed by atoms with van der Waals surface area (Å²) in [6.45, 7) is 12.3. The SMILES string of the molecule is CCc1nn(CCCCCNC(=O)CN2CCN(CC(=O)O)CCN(CC(=O)O)CCN(CC(=O)O)CC2)cc1Nc1nc(N2CC[C@H](F)C2)nc2c1ncn2C(C)(C)C. The van der Waals surface area contributed by atoms with Crippen LogP contribution in [0, 0.1) is 0 Å². The van der Waals surface area contributed by atoms with Gasteiger partial charge in [0.2, 0.25) is 11.9 Å². The van der Waals surface area contributed by atoms with Crippen molar-refractivity contribution in [1.82, 2.24) is 54.2 Å². The normalized spacial score (nSPS) is 18.4. The molecule has 0 spiro atoms. The van der Waals surface area contributed by atoms with Crippen molar-refractivity contribution in [2.24, 2.45) is 0 Å². The summed E-state index contributed by atoms with van der Waals surface area (Å²) in [6.07, 6.45) is 6.34. The minimum atomic E-state index is -1.02. The van der Waals surface area contributed by atoms with Crippen LogP contribution in [0.1, 0.15) is 59.1 Å². The number of carbonyl (C=O) groups is 4. The average molecular weight is 844 g/mol. The number of nitrogens with one attached hydrogen (secondary N) is 2. The van der Waals surface area contributed by atoms with Gasteiger partial charge >= 0.3 is 17.9 Å². The number of anilines is 3. The van der Waals surface area contributed by atoms with E-state index in [-0.39, 0.29) is 44.2 Å². The Morgan fingerprint density at radius 3 is 1.87 bits per heavy atom. The Morgan fingerprint density at radius 1 is 0.800 bits per heavy atom. The zero-order valence-corrected chi connectivity index (χ0v) is 35.4. The number of carbonyl (C=O) groups excluding carboxylic acids is 1. The third-order valence-electron chi connectivity index (χ3n) is 10.7. The number of amides is 1. The molecule has 3 aromatic rings. The molecule has 1 atom stereocenters. The number of hydrogen-bond acceptors (Lipinski definition) is 14. The molecule has 3 aromatic heterocycles. The molecule has 0 bridgehead atoms. The number of fused-ring (bicyclic) bond motifs is 1. The molecule has 0 aliphatic carbocycles. The molecule has 0 unspecified atom stereocenters. The first-order chi connectivity index (χ1) is 28.6. The molecule has 5 heterocycles. The number of unbranched alkanes of at least 4 members (excludes halogenated alkanes) is 2. The van der Waals surface area contributed by atoms with Crippen LogP contribution in [0.5, 0.6) is 0 Å². The molecular weight excluding hydrogens is 782 g/mol. The Bertz CT molecular complexity index is 1890. The molecule has 0 saturated carbocycles. The fourth-order valence-corrected chi connectivity index (χ4v) is 7.42. The molecule has 20 nitrogen and oxygen atoms in total. The van der Waals surface area contributed by atoms with Gasteiger partial charge in [-0.25, -0.2) is 9.37 Å². The van der Waals surface area contributed by atoms with Crippen molar-refractivity contribution >= 4 is 52.4 Å². The number of nitrogens with zero attached hydrogens (tertiary/aromatic N) is 11. The highest BCUT2D eigenvalue weighted by molar-refractivity contribution is 5.87. The lowest BCUT2D eigenvalue weighted by Gasteiger charge is -2.32. The number of hydrogen-bond donors (Lipinski definition) is 5. The Morgan fingerprint density at radius 2 is 1.37 bits per heavy atom. The van der Waals surface area contributed by atoms with Crippen molar-refractivity contribution in [2.75, 3.05) is 108 Å². The predicted molar refractivity (Wildman–Crippen MR) is 222 cm³/mol. The third-order valence-corrected chi connectivity index (χ3v) is 10.7. The Kier molecular flexibility index (Phi) is 16.5. The van der Waals surface area contributed by atoms with Crippen molar-refractivity contribution in [1.29, 1.82) is 0 Å². The number of halogens is 1. The van der Waals surface area contributed by atoms with Crippen LogP contribution in [0.2, 0.25) is 0 Å². The topological polar surface area (TPSA) is 231 Å². The van der Waals surface area contributed by atoms with E-state index in [1.807, 2.05) is 32.2 Å². The minimum absolute atomic E-state index is 0.0702. The van der Waals surface area contributed by atoms with Gasteiger partial charge in [-0.1, -0.05) is 6.92 Å². The summed E-state index contributed by atoms with van der Waals surface area (Å²) in [5, 5.41) is 39.6. The molecule has 1 amide bonds. The minimum Gasteiger partial charge on any atom is -0.480 e. The van der Waals surface area contributed by atoms with E-state index in [0.717, 1.165) is 30.6 Å². The van der Waals surface area contributed by atoms with Gasteiger partial charge in [-0.05, 0) is 52.9 Å². The van der Waals surface area contributed by atoms with Gasteiger partial charge in [-0.15, -0.1) is 0 Å². The van der Waals surface area contributed by atoms with E-state index in [1.165, 1.54) is 0 Å². The fraction of sp³-hybridized carbons (Fsp3) is 0.692. The lowest BCUT2D eigenvalue weighted by Crippen LogP contribution is -2.49. The van der Waals surface area contributed by atoms with Gasteiger partial charge in [-0.2, -0.15) is 15.1 Å². The van der Waals surface area contributed by atoms with E-state index < -0.39 is 24.1 Å². The van der Waals surface area contributed by atoms with Gasteiger partial charge in [0, 0.05) is 83.7 Å². The van der Waals surface area contributed by atoms with Crippen LogP contribution in [-0.4, -0.2) is 192 Å². The molecule has 0 aromatic carbocycles. The summed E-state index contributed by atoms with van der Waals surface area (Å²) in [4.78, 5) is 70.9. The summed E-state index contributed by atoms with van der Waals surface area (Å²) in [5.41, 5.74) is 2.69. The standard InChI is InChI=1S/C39H62FN13O7/c1-5-29-30(43-36-35-37(53(27-42-35)39(2,3)4)45-38(44-36)51-12-9-28(40)21-51)22-52(46-29)11-8-6-7-10-41-31(54)23-47-13-15-48(24-32(55)56)17-19-50(26-34(59)60)20-18-49(16-14-47)25-33(57)58/h22,27-28H,5-21,23-26H2,1-4H3,(H,41,54)(H,55,56)(H,57,58)(H,59,60)(H,43,44,45)/t28-/m0/s1. The fourth-order valence-electron chi connectivity index (χ4n) is 7.42. The predicted octanol–water partition coefficient (Wildman–Crippen LogP) is 1.39.